The van der Waals surface area contributed by atoms with E-state index in [-0.39, 0.29) is 16.9 Å². The normalized spacial score (nSPS) is 29.8. The SMILES string of the molecule is CC(=O)C1=C(O)[C@]2(O)C(=O)C3=C(O)c4c(ccc(CC5=CC(c6ccc(-c7ccccc7)cc6)=CC5)c4O)[C@@H](C)[C@]3(C)[C@@H](O)[C@]2(C)C(C(C)C)C1=O. The van der Waals surface area contributed by atoms with Crippen LogP contribution < -0.4 is 0 Å². The van der Waals surface area contributed by atoms with Crippen molar-refractivity contribution in [1.29, 1.82) is 0 Å². The molecule has 0 saturated heterocycles. The van der Waals surface area contributed by atoms with Crippen LogP contribution in [-0.4, -0.2) is 54.6 Å². The standard InChI is InChI=1S/C44H44O8/c1-22(2)34-37(47)32(24(4)45)39(49)44(52)40(50)35-38(48)33-31(23(3)42(35,5)41(51)43(34,44)6)19-18-30(36(33)46)21-25-12-13-29(20-25)28-16-14-27(15-17-28)26-10-8-7-9-11-26/h7-11,13-20,22-23,34,41,46,48-49,51-52H,12,21H2,1-6H3/t23-,34?,41-,42+,43+,44+/m1/s1. The van der Waals surface area contributed by atoms with Crippen LogP contribution in [0.25, 0.3) is 22.5 Å². The molecule has 3 aromatic rings. The summed E-state index contributed by atoms with van der Waals surface area (Å²) >= 11 is 0. The number of phenolic OH excluding ortho intramolecular Hbond substituents is 1. The molecule has 8 nitrogen and oxygen atoms in total. The van der Waals surface area contributed by atoms with Gasteiger partial charge in [0.15, 0.2) is 17.2 Å². The van der Waals surface area contributed by atoms with E-state index in [4.69, 9.17) is 0 Å². The molecule has 0 spiro atoms. The summed E-state index contributed by atoms with van der Waals surface area (Å²) in [5.41, 5.74) is -1.11. The summed E-state index contributed by atoms with van der Waals surface area (Å²) in [7, 11) is 0. The molecule has 52 heavy (non-hydrogen) atoms. The minimum atomic E-state index is -2.92. The molecule has 4 aliphatic carbocycles. The lowest BCUT2D eigenvalue weighted by Gasteiger charge is -2.63. The number of aliphatic hydroxyl groups is 4. The van der Waals surface area contributed by atoms with Crippen molar-refractivity contribution in [3.05, 3.63) is 124 Å². The average molecular weight is 701 g/mol. The maximum Gasteiger partial charge on any atom is 0.203 e. The molecular weight excluding hydrogens is 656 g/mol. The summed E-state index contributed by atoms with van der Waals surface area (Å²) in [5, 5.41) is 60.0. The number of hydrogen-bond acceptors (Lipinski definition) is 8. The molecule has 0 radical (unpaired) electrons. The first-order valence-corrected chi connectivity index (χ1v) is 17.8. The third kappa shape index (κ3) is 4.56. The largest absolute Gasteiger partial charge is 0.508 e. The van der Waals surface area contributed by atoms with E-state index in [2.05, 4.69) is 48.6 Å². The van der Waals surface area contributed by atoms with Gasteiger partial charge in [-0.2, -0.15) is 0 Å². The average Bonchev–Trinajstić information content (AvgIpc) is 3.58. The third-order valence-electron chi connectivity index (χ3n) is 12.6. The first-order chi connectivity index (χ1) is 24.5. The minimum absolute atomic E-state index is 0.0102. The predicted molar refractivity (Wildman–Crippen MR) is 198 cm³/mol. The number of Topliss-reactive ketones (excluding diaryl/α,β-unsaturated/α-hetero) is 3. The van der Waals surface area contributed by atoms with Crippen LogP contribution in [0.15, 0.2) is 101 Å². The van der Waals surface area contributed by atoms with Gasteiger partial charge in [0.25, 0.3) is 0 Å². The molecule has 0 heterocycles. The molecule has 6 atom stereocenters. The Balaban J connectivity index is 1.28. The molecule has 7 rings (SSSR count). The molecule has 3 aromatic carbocycles. The van der Waals surface area contributed by atoms with E-state index < -0.39 is 74.7 Å². The number of aromatic hydroxyl groups is 1. The van der Waals surface area contributed by atoms with E-state index in [0.29, 0.717) is 24.0 Å². The molecule has 0 bridgehead atoms. The molecule has 1 fully saturated rings. The second-order valence-corrected chi connectivity index (χ2v) is 15.6. The van der Waals surface area contributed by atoms with Crippen molar-refractivity contribution in [2.45, 2.75) is 72.0 Å². The first-order valence-electron chi connectivity index (χ1n) is 17.8. The van der Waals surface area contributed by atoms with E-state index in [1.165, 1.54) is 6.92 Å². The fourth-order valence-electron chi connectivity index (χ4n) is 9.75. The molecule has 0 aliphatic heterocycles. The van der Waals surface area contributed by atoms with Gasteiger partial charge in [-0.3, -0.25) is 14.4 Å². The Bertz CT molecular complexity index is 2190. The van der Waals surface area contributed by atoms with Gasteiger partial charge in [0, 0.05) is 16.7 Å². The van der Waals surface area contributed by atoms with Crippen molar-refractivity contribution in [2.24, 2.45) is 22.7 Å². The lowest BCUT2D eigenvalue weighted by atomic mass is 9.40. The van der Waals surface area contributed by atoms with E-state index in [1.54, 1.807) is 39.8 Å². The van der Waals surface area contributed by atoms with E-state index in [0.717, 1.165) is 34.8 Å². The fraction of sp³-hybridized carbons (Fsp3) is 0.341. The molecule has 5 N–H and O–H groups in total. The van der Waals surface area contributed by atoms with Gasteiger partial charge in [0.2, 0.25) is 5.78 Å². The van der Waals surface area contributed by atoms with Gasteiger partial charge in [-0.05, 0) is 65.0 Å². The number of aliphatic hydroxyl groups excluding tert-OH is 3. The second-order valence-electron chi connectivity index (χ2n) is 15.6. The summed E-state index contributed by atoms with van der Waals surface area (Å²) < 4.78 is 0. The van der Waals surface area contributed by atoms with Crippen LogP contribution >= 0.6 is 0 Å². The van der Waals surface area contributed by atoms with E-state index in [1.807, 2.05) is 18.2 Å². The fourth-order valence-corrected chi connectivity index (χ4v) is 9.75. The second kappa shape index (κ2) is 12.0. The van der Waals surface area contributed by atoms with Gasteiger partial charge in [0.1, 0.15) is 22.8 Å². The maximum atomic E-state index is 14.7. The molecular formula is C44H44O8. The molecule has 1 saturated carbocycles. The summed E-state index contributed by atoms with van der Waals surface area (Å²) in [4.78, 5) is 41.2. The van der Waals surface area contributed by atoms with Crippen molar-refractivity contribution in [3.8, 4) is 16.9 Å². The van der Waals surface area contributed by atoms with Gasteiger partial charge >= 0.3 is 0 Å². The number of allylic oxidation sites excluding steroid dienone is 5. The number of phenols is 1. The van der Waals surface area contributed by atoms with Crippen LogP contribution in [-0.2, 0) is 20.8 Å². The highest BCUT2D eigenvalue weighted by atomic mass is 16.4. The van der Waals surface area contributed by atoms with Gasteiger partial charge in [0.05, 0.1) is 17.2 Å². The quantitative estimate of drug-likeness (QED) is 0.168. The van der Waals surface area contributed by atoms with Crippen molar-refractivity contribution in [1.82, 2.24) is 0 Å². The lowest BCUT2D eigenvalue weighted by Crippen LogP contribution is -2.75. The van der Waals surface area contributed by atoms with E-state index >= 15 is 0 Å². The number of carbonyl (C=O) groups excluding carboxylic acids is 3. The first kappa shape index (κ1) is 35.4. The van der Waals surface area contributed by atoms with Gasteiger partial charge in [-0.25, -0.2) is 0 Å². The molecule has 0 amide bonds. The predicted octanol–water partition coefficient (Wildman–Crippen LogP) is 7.34. The van der Waals surface area contributed by atoms with E-state index in [9.17, 15) is 39.9 Å². The lowest BCUT2D eigenvalue weighted by molar-refractivity contribution is -0.215. The van der Waals surface area contributed by atoms with Crippen LogP contribution in [0.4, 0.5) is 0 Å². The highest BCUT2D eigenvalue weighted by molar-refractivity contribution is 6.24. The zero-order valence-electron chi connectivity index (χ0n) is 30.2. The monoisotopic (exact) mass is 700 g/mol. The highest BCUT2D eigenvalue weighted by Crippen LogP contribution is 2.67. The Labute approximate surface area is 303 Å². The van der Waals surface area contributed by atoms with Crippen LogP contribution in [0.2, 0.25) is 0 Å². The zero-order chi connectivity index (χ0) is 37.7. The highest BCUT2D eigenvalue weighted by Gasteiger charge is 2.77. The zero-order valence-corrected chi connectivity index (χ0v) is 30.2. The number of rotatable bonds is 6. The Morgan fingerprint density at radius 2 is 1.52 bits per heavy atom. The summed E-state index contributed by atoms with van der Waals surface area (Å²) in [6.07, 6.45) is 3.57. The van der Waals surface area contributed by atoms with Crippen molar-refractivity contribution >= 4 is 28.7 Å². The molecule has 268 valence electrons. The van der Waals surface area contributed by atoms with Crippen molar-refractivity contribution in [2.75, 3.05) is 0 Å². The smallest absolute Gasteiger partial charge is 0.203 e. The summed E-state index contributed by atoms with van der Waals surface area (Å²) in [6.45, 7) is 9.19. The number of carbonyl (C=O) groups is 3. The van der Waals surface area contributed by atoms with Crippen LogP contribution in [0.1, 0.15) is 76.1 Å². The van der Waals surface area contributed by atoms with Crippen molar-refractivity contribution in [3.63, 3.8) is 0 Å². The third-order valence-corrected chi connectivity index (χ3v) is 12.6. The Kier molecular flexibility index (Phi) is 8.16. The molecule has 4 aliphatic rings. The number of benzene rings is 3. The molecule has 0 aromatic heterocycles. The van der Waals surface area contributed by atoms with Crippen molar-refractivity contribution < 1.29 is 39.9 Å². The van der Waals surface area contributed by atoms with Crippen LogP contribution in [0.5, 0.6) is 5.75 Å². The van der Waals surface area contributed by atoms with Gasteiger partial charge in [-0.1, -0.05) is 119 Å². The Morgan fingerprint density at radius 1 is 0.904 bits per heavy atom. The van der Waals surface area contributed by atoms with Crippen LogP contribution in [0.3, 0.4) is 0 Å². The number of fused-ring (bicyclic) bond motifs is 3. The molecule has 8 heteroatoms. The Hall–Kier alpha value is -5.05. The summed E-state index contributed by atoms with van der Waals surface area (Å²) in [5.74, 6) is -7.17. The van der Waals surface area contributed by atoms with Gasteiger partial charge < -0.3 is 25.5 Å². The Morgan fingerprint density at radius 3 is 2.13 bits per heavy atom. The van der Waals surface area contributed by atoms with Gasteiger partial charge in [-0.15, -0.1) is 0 Å². The number of hydrogen-bond donors (Lipinski definition) is 5. The number of ketones is 3. The molecule has 1 unspecified atom stereocenters. The maximum absolute atomic E-state index is 14.7. The minimum Gasteiger partial charge on any atom is -0.508 e. The topological polar surface area (TPSA) is 152 Å². The van der Waals surface area contributed by atoms with Crippen LogP contribution in [0, 0.1) is 22.7 Å². The summed E-state index contributed by atoms with van der Waals surface area (Å²) in [6, 6.07) is 22.0.